The highest BCUT2D eigenvalue weighted by Gasteiger charge is 2.24. The summed E-state index contributed by atoms with van der Waals surface area (Å²) in [5.74, 6) is 1.40. The third-order valence-corrected chi connectivity index (χ3v) is 5.13. The SMILES string of the molecule is CCN(Cc1ccccc1)c1ccc(C(=O)N2CCC[C@@H](COC)C2)cn1. The van der Waals surface area contributed by atoms with Crippen LogP contribution in [0.1, 0.15) is 35.7 Å². The maximum atomic E-state index is 12.8. The van der Waals surface area contributed by atoms with E-state index < -0.39 is 0 Å². The molecule has 0 saturated carbocycles. The minimum absolute atomic E-state index is 0.0703. The van der Waals surface area contributed by atoms with Gasteiger partial charge in [-0.25, -0.2) is 4.98 Å². The van der Waals surface area contributed by atoms with Crippen LogP contribution in [-0.4, -0.2) is 49.1 Å². The molecule has 27 heavy (non-hydrogen) atoms. The minimum Gasteiger partial charge on any atom is -0.384 e. The average molecular weight is 367 g/mol. The molecule has 0 bridgehead atoms. The quantitative estimate of drug-likeness (QED) is 0.750. The van der Waals surface area contributed by atoms with E-state index in [1.807, 2.05) is 35.2 Å². The molecule has 144 valence electrons. The number of nitrogens with zero attached hydrogens (tertiary/aromatic N) is 3. The number of hydrogen-bond acceptors (Lipinski definition) is 4. The number of benzene rings is 1. The number of carbonyl (C=O) groups excluding carboxylic acids is 1. The van der Waals surface area contributed by atoms with E-state index in [4.69, 9.17) is 4.74 Å². The van der Waals surface area contributed by atoms with Gasteiger partial charge in [-0.05, 0) is 43.4 Å². The van der Waals surface area contributed by atoms with Gasteiger partial charge in [-0.3, -0.25) is 4.79 Å². The van der Waals surface area contributed by atoms with E-state index in [2.05, 4.69) is 28.9 Å². The van der Waals surface area contributed by atoms with Crippen LogP contribution in [0.4, 0.5) is 5.82 Å². The van der Waals surface area contributed by atoms with Crippen molar-refractivity contribution in [2.24, 2.45) is 5.92 Å². The first-order valence-corrected chi connectivity index (χ1v) is 9.74. The van der Waals surface area contributed by atoms with E-state index in [-0.39, 0.29) is 5.91 Å². The van der Waals surface area contributed by atoms with Gasteiger partial charge in [-0.2, -0.15) is 0 Å². The Kier molecular flexibility index (Phi) is 6.82. The molecule has 0 radical (unpaired) electrons. The van der Waals surface area contributed by atoms with Crippen molar-refractivity contribution in [3.05, 3.63) is 59.8 Å². The average Bonchev–Trinajstić information content (AvgIpc) is 2.73. The van der Waals surface area contributed by atoms with E-state index >= 15 is 0 Å². The second-order valence-electron chi connectivity index (χ2n) is 7.12. The summed E-state index contributed by atoms with van der Waals surface area (Å²) in [4.78, 5) is 21.5. The van der Waals surface area contributed by atoms with E-state index in [1.54, 1.807) is 13.3 Å². The van der Waals surface area contributed by atoms with Crippen molar-refractivity contribution in [1.82, 2.24) is 9.88 Å². The molecule has 1 amide bonds. The lowest BCUT2D eigenvalue weighted by Gasteiger charge is -2.32. The van der Waals surface area contributed by atoms with Crippen LogP contribution in [0.2, 0.25) is 0 Å². The highest BCUT2D eigenvalue weighted by Crippen LogP contribution is 2.20. The van der Waals surface area contributed by atoms with Crippen LogP contribution < -0.4 is 4.90 Å². The van der Waals surface area contributed by atoms with Crippen molar-refractivity contribution in [3.63, 3.8) is 0 Å². The van der Waals surface area contributed by atoms with Crippen LogP contribution in [0.25, 0.3) is 0 Å². The summed E-state index contributed by atoms with van der Waals surface area (Å²) in [5, 5.41) is 0. The zero-order chi connectivity index (χ0) is 19.1. The van der Waals surface area contributed by atoms with Crippen LogP contribution in [0.3, 0.4) is 0 Å². The van der Waals surface area contributed by atoms with Gasteiger partial charge in [-0.1, -0.05) is 30.3 Å². The Balaban J connectivity index is 1.66. The Morgan fingerprint density at radius 1 is 1.26 bits per heavy atom. The number of amides is 1. The van der Waals surface area contributed by atoms with Crippen LogP contribution >= 0.6 is 0 Å². The van der Waals surface area contributed by atoms with Crippen molar-refractivity contribution in [3.8, 4) is 0 Å². The van der Waals surface area contributed by atoms with Gasteiger partial charge in [0.05, 0.1) is 12.2 Å². The lowest BCUT2D eigenvalue weighted by atomic mass is 9.98. The fraction of sp³-hybridized carbons (Fsp3) is 0.455. The number of ether oxygens (including phenoxy) is 1. The lowest BCUT2D eigenvalue weighted by Crippen LogP contribution is -2.41. The van der Waals surface area contributed by atoms with Crippen molar-refractivity contribution < 1.29 is 9.53 Å². The summed E-state index contributed by atoms with van der Waals surface area (Å²) in [5.41, 5.74) is 1.91. The van der Waals surface area contributed by atoms with E-state index in [9.17, 15) is 4.79 Å². The molecule has 1 aromatic carbocycles. The van der Waals surface area contributed by atoms with Gasteiger partial charge in [0.25, 0.3) is 5.91 Å². The normalized spacial score (nSPS) is 17.0. The minimum atomic E-state index is 0.0703. The Bertz CT molecular complexity index is 716. The van der Waals surface area contributed by atoms with Gasteiger partial charge in [0.1, 0.15) is 5.82 Å². The van der Waals surface area contributed by atoms with Gasteiger partial charge in [0, 0.05) is 39.5 Å². The molecular formula is C22H29N3O2. The number of anilines is 1. The predicted octanol–water partition coefficient (Wildman–Crippen LogP) is 3.61. The first-order chi connectivity index (χ1) is 13.2. The molecule has 1 fully saturated rings. The smallest absolute Gasteiger partial charge is 0.255 e. The zero-order valence-corrected chi connectivity index (χ0v) is 16.3. The molecule has 1 aliphatic heterocycles. The number of methoxy groups -OCH3 is 1. The fourth-order valence-electron chi connectivity index (χ4n) is 3.66. The Hall–Kier alpha value is -2.40. The van der Waals surface area contributed by atoms with E-state index in [0.29, 0.717) is 18.1 Å². The molecule has 1 saturated heterocycles. The number of carbonyl (C=O) groups is 1. The van der Waals surface area contributed by atoms with Crippen LogP contribution in [0.15, 0.2) is 48.7 Å². The highest BCUT2D eigenvalue weighted by molar-refractivity contribution is 5.94. The van der Waals surface area contributed by atoms with Crippen molar-refractivity contribution in [2.45, 2.75) is 26.3 Å². The summed E-state index contributed by atoms with van der Waals surface area (Å²) < 4.78 is 5.26. The molecule has 5 heteroatoms. The van der Waals surface area contributed by atoms with Crippen LogP contribution in [0, 0.1) is 5.92 Å². The zero-order valence-electron chi connectivity index (χ0n) is 16.3. The third kappa shape index (κ3) is 5.07. The van der Waals surface area contributed by atoms with Gasteiger partial charge in [0.2, 0.25) is 0 Å². The molecule has 0 unspecified atom stereocenters. The number of rotatable bonds is 7. The fourth-order valence-corrected chi connectivity index (χ4v) is 3.66. The summed E-state index contributed by atoms with van der Waals surface area (Å²) >= 11 is 0. The molecule has 3 rings (SSSR count). The lowest BCUT2D eigenvalue weighted by molar-refractivity contribution is 0.0570. The summed E-state index contributed by atoms with van der Waals surface area (Å²) in [6.45, 7) is 6.08. The second-order valence-corrected chi connectivity index (χ2v) is 7.12. The Morgan fingerprint density at radius 3 is 2.74 bits per heavy atom. The van der Waals surface area contributed by atoms with Crippen LogP contribution in [0.5, 0.6) is 0 Å². The number of aromatic nitrogens is 1. The largest absolute Gasteiger partial charge is 0.384 e. The molecule has 2 aromatic rings. The number of pyridine rings is 1. The highest BCUT2D eigenvalue weighted by atomic mass is 16.5. The summed E-state index contributed by atoms with van der Waals surface area (Å²) in [6.07, 6.45) is 3.87. The molecule has 2 heterocycles. The van der Waals surface area contributed by atoms with Gasteiger partial charge in [0.15, 0.2) is 0 Å². The van der Waals surface area contributed by atoms with Gasteiger partial charge < -0.3 is 14.5 Å². The van der Waals surface area contributed by atoms with E-state index in [1.165, 1.54) is 5.56 Å². The standard InChI is InChI=1S/C22H29N3O2/c1-3-24(15-18-8-5-4-6-9-18)21-12-11-20(14-23-21)22(26)25-13-7-10-19(16-25)17-27-2/h4-6,8-9,11-12,14,19H,3,7,10,13,15-17H2,1-2H3/t19-/m1/s1. The Labute approximate surface area is 162 Å². The van der Waals surface area contributed by atoms with Crippen LogP contribution in [-0.2, 0) is 11.3 Å². The summed E-state index contributed by atoms with van der Waals surface area (Å²) in [7, 11) is 1.72. The first kappa shape index (κ1) is 19.4. The van der Waals surface area contributed by atoms with Crippen molar-refractivity contribution in [1.29, 1.82) is 0 Å². The van der Waals surface area contributed by atoms with Gasteiger partial charge >= 0.3 is 0 Å². The monoisotopic (exact) mass is 367 g/mol. The molecule has 1 atom stereocenters. The molecule has 5 nitrogen and oxygen atoms in total. The number of hydrogen-bond donors (Lipinski definition) is 0. The van der Waals surface area contributed by atoms with Crippen molar-refractivity contribution in [2.75, 3.05) is 38.3 Å². The van der Waals surface area contributed by atoms with Gasteiger partial charge in [-0.15, -0.1) is 0 Å². The molecule has 0 N–H and O–H groups in total. The number of piperidine rings is 1. The molecule has 0 aliphatic carbocycles. The maximum Gasteiger partial charge on any atom is 0.255 e. The molecule has 0 spiro atoms. The predicted molar refractivity (Wildman–Crippen MR) is 108 cm³/mol. The summed E-state index contributed by atoms with van der Waals surface area (Å²) in [6, 6.07) is 14.2. The molecule has 1 aliphatic rings. The molecule has 1 aromatic heterocycles. The number of likely N-dealkylation sites (tertiary alicyclic amines) is 1. The third-order valence-electron chi connectivity index (χ3n) is 5.13. The Morgan fingerprint density at radius 2 is 2.07 bits per heavy atom. The topological polar surface area (TPSA) is 45.7 Å². The molecular weight excluding hydrogens is 338 g/mol. The first-order valence-electron chi connectivity index (χ1n) is 9.74. The van der Waals surface area contributed by atoms with Crippen molar-refractivity contribution >= 4 is 11.7 Å². The second kappa shape index (κ2) is 9.51. The van der Waals surface area contributed by atoms with E-state index in [0.717, 1.165) is 44.8 Å². The maximum absolute atomic E-state index is 12.8.